The number of ether oxygens (including phenoxy) is 1. The van der Waals surface area contributed by atoms with E-state index in [1.807, 2.05) is 7.05 Å². The summed E-state index contributed by atoms with van der Waals surface area (Å²) in [6.07, 6.45) is 0. The standard InChI is InChI=1S/C16H22N2O/c1-10-6-11(2)13(4)14(12(10)3)15(18-5)16(7-17)8-19-9-16/h6,15,18H,8-9H2,1-5H3. The van der Waals surface area contributed by atoms with E-state index in [0.717, 1.165) is 0 Å². The summed E-state index contributed by atoms with van der Waals surface area (Å²) < 4.78 is 5.31. The molecule has 0 aromatic heterocycles. The molecule has 3 nitrogen and oxygen atoms in total. The fourth-order valence-corrected chi connectivity index (χ4v) is 3.00. The topological polar surface area (TPSA) is 45.0 Å². The van der Waals surface area contributed by atoms with Crippen LogP contribution in [0.2, 0.25) is 0 Å². The zero-order chi connectivity index (χ0) is 14.2. The number of nitriles is 1. The van der Waals surface area contributed by atoms with Gasteiger partial charge in [0, 0.05) is 0 Å². The summed E-state index contributed by atoms with van der Waals surface area (Å²) >= 11 is 0. The molecule has 1 unspecified atom stereocenters. The van der Waals surface area contributed by atoms with Gasteiger partial charge in [0.15, 0.2) is 0 Å². The Bertz CT molecular complexity index is 512. The van der Waals surface area contributed by atoms with Crippen LogP contribution in [0.1, 0.15) is 33.9 Å². The summed E-state index contributed by atoms with van der Waals surface area (Å²) in [7, 11) is 1.93. The van der Waals surface area contributed by atoms with E-state index in [2.05, 4.69) is 45.1 Å². The van der Waals surface area contributed by atoms with Crippen molar-refractivity contribution in [2.24, 2.45) is 5.41 Å². The Morgan fingerprint density at radius 2 is 1.74 bits per heavy atom. The average molecular weight is 258 g/mol. The first kappa shape index (κ1) is 14.0. The zero-order valence-electron chi connectivity index (χ0n) is 12.4. The number of hydrogen-bond donors (Lipinski definition) is 1. The lowest BCUT2D eigenvalue weighted by Crippen LogP contribution is -2.50. The molecule has 1 fully saturated rings. The Morgan fingerprint density at radius 1 is 1.21 bits per heavy atom. The van der Waals surface area contributed by atoms with E-state index in [0.29, 0.717) is 13.2 Å². The molecule has 3 heteroatoms. The van der Waals surface area contributed by atoms with Gasteiger partial charge in [-0.15, -0.1) is 0 Å². The summed E-state index contributed by atoms with van der Waals surface area (Å²) in [6, 6.07) is 4.72. The highest BCUT2D eigenvalue weighted by Crippen LogP contribution is 2.43. The average Bonchev–Trinajstić information content (AvgIpc) is 2.34. The maximum atomic E-state index is 9.55. The minimum Gasteiger partial charge on any atom is -0.378 e. The molecular weight excluding hydrogens is 236 g/mol. The van der Waals surface area contributed by atoms with E-state index < -0.39 is 5.41 Å². The monoisotopic (exact) mass is 258 g/mol. The number of aryl methyl sites for hydroxylation is 2. The van der Waals surface area contributed by atoms with E-state index in [-0.39, 0.29) is 6.04 Å². The van der Waals surface area contributed by atoms with Crippen LogP contribution in [0.25, 0.3) is 0 Å². The van der Waals surface area contributed by atoms with Gasteiger partial charge >= 0.3 is 0 Å². The van der Waals surface area contributed by atoms with Crippen molar-refractivity contribution in [3.63, 3.8) is 0 Å². The molecule has 2 rings (SSSR count). The third kappa shape index (κ3) is 2.05. The molecule has 0 radical (unpaired) electrons. The van der Waals surface area contributed by atoms with Crippen molar-refractivity contribution in [3.05, 3.63) is 33.9 Å². The van der Waals surface area contributed by atoms with Crippen molar-refractivity contribution in [1.29, 1.82) is 5.26 Å². The first-order valence-electron chi connectivity index (χ1n) is 6.70. The van der Waals surface area contributed by atoms with Gasteiger partial charge in [0.25, 0.3) is 0 Å². The lowest BCUT2D eigenvalue weighted by molar-refractivity contribution is -0.0965. The molecule has 1 aromatic rings. The minimum atomic E-state index is -0.426. The maximum absolute atomic E-state index is 9.55. The van der Waals surface area contributed by atoms with Gasteiger partial charge in [0.1, 0.15) is 5.41 Å². The molecule has 0 spiro atoms. The molecule has 1 saturated heterocycles. The Hall–Kier alpha value is -1.37. The molecule has 102 valence electrons. The highest BCUT2D eigenvalue weighted by Gasteiger charge is 2.47. The third-order valence-corrected chi connectivity index (χ3v) is 4.50. The van der Waals surface area contributed by atoms with Crippen LogP contribution in [0.3, 0.4) is 0 Å². The van der Waals surface area contributed by atoms with Crippen LogP contribution in [0.15, 0.2) is 6.07 Å². The number of hydrogen-bond acceptors (Lipinski definition) is 3. The van der Waals surface area contributed by atoms with Crippen LogP contribution in [-0.4, -0.2) is 20.3 Å². The molecule has 1 heterocycles. The smallest absolute Gasteiger partial charge is 0.123 e. The summed E-state index contributed by atoms with van der Waals surface area (Å²) in [4.78, 5) is 0. The van der Waals surface area contributed by atoms with Crippen LogP contribution in [-0.2, 0) is 4.74 Å². The van der Waals surface area contributed by atoms with Crippen molar-refractivity contribution in [3.8, 4) is 6.07 Å². The molecule has 0 amide bonds. The second kappa shape index (κ2) is 4.96. The van der Waals surface area contributed by atoms with Crippen molar-refractivity contribution in [1.82, 2.24) is 5.32 Å². The Labute approximate surface area is 115 Å². The Balaban J connectivity index is 2.59. The van der Waals surface area contributed by atoms with Crippen LogP contribution >= 0.6 is 0 Å². The molecule has 1 aliphatic heterocycles. The van der Waals surface area contributed by atoms with Crippen LogP contribution in [0.5, 0.6) is 0 Å². The molecule has 0 bridgehead atoms. The summed E-state index contributed by atoms with van der Waals surface area (Å²) in [5.74, 6) is 0. The first-order chi connectivity index (χ1) is 8.96. The Morgan fingerprint density at radius 3 is 2.05 bits per heavy atom. The lowest BCUT2D eigenvalue weighted by Gasteiger charge is -2.43. The number of nitrogens with zero attached hydrogens (tertiary/aromatic N) is 1. The van der Waals surface area contributed by atoms with Gasteiger partial charge in [-0.2, -0.15) is 5.26 Å². The predicted molar refractivity (Wildman–Crippen MR) is 76.1 cm³/mol. The normalized spacial score (nSPS) is 18.5. The SMILES string of the molecule is CNC(c1c(C)c(C)cc(C)c1C)C1(C#N)COC1. The van der Waals surface area contributed by atoms with Crippen molar-refractivity contribution >= 4 is 0 Å². The van der Waals surface area contributed by atoms with E-state index in [1.165, 1.54) is 27.8 Å². The van der Waals surface area contributed by atoms with Gasteiger partial charge in [0.05, 0.1) is 25.3 Å². The van der Waals surface area contributed by atoms with E-state index >= 15 is 0 Å². The summed E-state index contributed by atoms with van der Waals surface area (Å²) in [5, 5.41) is 12.9. The number of rotatable bonds is 3. The van der Waals surface area contributed by atoms with Gasteiger partial charge in [-0.05, 0) is 62.6 Å². The van der Waals surface area contributed by atoms with E-state index in [4.69, 9.17) is 4.74 Å². The molecule has 1 atom stereocenters. The van der Waals surface area contributed by atoms with E-state index in [9.17, 15) is 5.26 Å². The van der Waals surface area contributed by atoms with Gasteiger partial charge < -0.3 is 10.1 Å². The second-order valence-electron chi connectivity index (χ2n) is 5.66. The van der Waals surface area contributed by atoms with Crippen LogP contribution in [0.4, 0.5) is 0 Å². The molecule has 19 heavy (non-hydrogen) atoms. The van der Waals surface area contributed by atoms with Gasteiger partial charge in [-0.25, -0.2) is 0 Å². The summed E-state index contributed by atoms with van der Waals surface area (Å²) in [5.41, 5.74) is 5.97. The molecule has 1 N–H and O–H groups in total. The van der Waals surface area contributed by atoms with Gasteiger partial charge in [-0.3, -0.25) is 0 Å². The molecule has 1 aromatic carbocycles. The molecular formula is C16H22N2O. The molecule has 1 aliphatic rings. The highest BCUT2D eigenvalue weighted by molar-refractivity contribution is 5.47. The number of benzene rings is 1. The maximum Gasteiger partial charge on any atom is 0.123 e. The van der Waals surface area contributed by atoms with Crippen LogP contribution in [0, 0.1) is 44.4 Å². The highest BCUT2D eigenvalue weighted by atomic mass is 16.5. The fraction of sp³-hybridized carbons (Fsp3) is 0.562. The summed E-state index contributed by atoms with van der Waals surface area (Å²) in [6.45, 7) is 9.59. The minimum absolute atomic E-state index is 0.0323. The largest absolute Gasteiger partial charge is 0.378 e. The van der Waals surface area contributed by atoms with Gasteiger partial charge in [0.2, 0.25) is 0 Å². The van der Waals surface area contributed by atoms with Crippen molar-refractivity contribution in [2.75, 3.05) is 20.3 Å². The van der Waals surface area contributed by atoms with Gasteiger partial charge in [-0.1, -0.05) is 6.07 Å². The van der Waals surface area contributed by atoms with E-state index in [1.54, 1.807) is 0 Å². The molecule has 0 aliphatic carbocycles. The second-order valence-corrected chi connectivity index (χ2v) is 5.66. The van der Waals surface area contributed by atoms with Crippen molar-refractivity contribution in [2.45, 2.75) is 33.7 Å². The zero-order valence-corrected chi connectivity index (χ0v) is 12.4. The van der Waals surface area contributed by atoms with Crippen LogP contribution < -0.4 is 5.32 Å². The third-order valence-electron chi connectivity index (χ3n) is 4.50. The fourth-order valence-electron chi connectivity index (χ4n) is 3.00. The quantitative estimate of drug-likeness (QED) is 0.906. The molecule has 0 saturated carbocycles. The Kier molecular flexibility index (Phi) is 3.66. The predicted octanol–water partition coefficient (Wildman–Crippen LogP) is 2.72. The number of nitrogens with one attached hydrogen (secondary N) is 1. The lowest BCUT2D eigenvalue weighted by atomic mass is 9.73. The van der Waals surface area contributed by atoms with Crippen molar-refractivity contribution < 1.29 is 4.74 Å². The first-order valence-corrected chi connectivity index (χ1v) is 6.70.